The van der Waals surface area contributed by atoms with Crippen LogP contribution in [0.3, 0.4) is 0 Å². The van der Waals surface area contributed by atoms with E-state index in [-0.39, 0.29) is 22.3 Å². The van der Waals surface area contributed by atoms with E-state index in [1.807, 2.05) is 32.0 Å². The number of benzene rings is 2. The first kappa shape index (κ1) is 26.3. The summed E-state index contributed by atoms with van der Waals surface area (Å²) in [4.78, 5) is 38.2. The number of nitrogens with one attached hydrogen (secondary N) is 2. The average molecular weight is 558 g/mol. The van der Waals surface area contributed by atoms with Crippen molar-refractivity contribution < 1.29 is 23.9 Å². The van der Waals surface area contributed by atoms with Crippen LogP contribution in [0.5, 0.6) is 5.75 Å². The van der Waals surface area contributed by atoms with E-state index in [2.05, 4.69) is 32.6 Å². The van der Waals surface area contributed by atoms with Crippen LogP contribution in [0.2, 0.25) is 0 Å². The molecule has 3 rings (SSSR count). The van der Waals surface area contributed by atoms with E-state index in [9.17, 15) is 19.6 Å². The number of rotatable bonds is 7. The fourth-order valence-corrected chi connectivity index (χ4v) is 5.17. The Morgan fingerprint density at radius 1 is 1.23 bits per heavy atom. The molecule has 35 heavy (non-hydrogen) atoms. The van der Waals surface area contributed by atoms with Crippen molar-refractivity contribution in [2.75, 3.05) is 25.3 Å². The van der Waals surface area contributed by atoms with Crippen molar-refractivity contribution >= 4 is 51.2 Å². The first-order valence-electron chi connectivity index (χ1n) is 10.6. The lowest BCUT2D eigenvalue weighted by atomic mass is 9.78. The third kappa shape index (κ3) is 5.69. The third-order valence-corrected chi connectivity index (χ3v) is 7.38. The zero-order valence-electron chi connectivity index (χ0n) is 19.6. The molecule has 2 amide bonds. The maximum Gasteiger partial charge on any atom is 0.319 e. The number of anilines is 1. The molecule has 0 aliphatic carbocycles. The van der Waals surface area contributed by atoms with Gasteiger partial charge in [-0.3, -0.25) is 14.4 Å². The molecule has 2 N–H and O–H groups in total. The summed E-state index contributed by atoms with van der Waals surface area (Å²) in [5, 5.41) is 15.7. The highest BCUT2D eigenvalue weighted by molar-refractivity contribution is 9.10. The van der Waals surface area contributed by atoms with Crippen LogP contribution in [-0.2, 0) is 19.1 Å². The monoisotopic (exact) mass is 557 g/mol. The SMILES string of the molecule is COC(=O)[C@H]1C(=O)NC(SCC(=O)Nc2cccc(C)c2C)=C(C#N)[C@H]1c1ccc(OC)c(Br)c1. The number of thioether (sulfide) groups is 1. The molecule has 2 aromatic carbocycles. The minimum absolute atomic E-state index is 0.0455. The number of allylic oxidation sites excluding steroid dienone is 1. The van der Waals surface area contributed by atoms with Crippen molar-refractivity contribution in [1.82, 2.24) is 5.32 Å². The van der Waals surface area contributed by atoms with Gasteiger partial charge in [0.15, 0.2) is 0 Å². The largest absolute Gasteiger partial charge is 0.496 e. The standard InChI is InChI=1S/C25H24BrN3O5S/c1-13-6-5-7-18(14(13)2)28-20(30)12-35-24-16(11-27)21(22(23(31)29-24)25(32)34-4)15-8-9-19(33-3)17(26)10-15/h5-10,21-22H,12H2,1-4H3,(H,28,30)(H,29,31)/t21-,22-/m1/s1. The van der Waals surface area contributed by atoms with E-state index in [1.54, 1.807) is 18.2 Å². The lowest BCUT2D eigenvalue weighted by Crippen LogP contribution is -2.44. The van der Waals surface area contributed by atoms with Crippen molar-refractivity contribution in [1.29, 1.82) is 5.26 Å². The Kier molecular flexibility index (Phi) is 8.59. The molecule has 182 valence electrons. The number of aryl methyl sites for hydroxylation is 1. The Bertz CT molecular complexity index is 1250. The number of methoxy groups -OCH3 is 2. The van der Waals surface area contributed by atoms with Crippen LogP contribution in [-0.4, -0.2) is 37.8 Å². The Morgan fingerprint density at radius 2 is 1.97 bits per heavy atom. The molecule has 0 radical (unpaired) electrons. The second-order valence-corrected chi connectivity index (χ2v) is 9.64. The number of carbonyl (C=O) groups excluding carboxylic acids is 3. The predicted octanol–water partition coefficient (Wildman–Crippen LogP) is 4.18. The van der Waals surface area contributed by atoms with Gasteiger partial charge in [0.05, 0.1) is 41.1 Å². The van der Waals surface area contributed by atoms with Gasteiger partial charge in [0.25, 0.3) is 0 Å². The number of amides is 2. The lowest BCUT2D eigenvalue weighted by molar-refractivity contribution is -0.150. The lowest BCUT2D eigenvalue weighted by Gasteiger charge is -2.31. The number of carbonyl (C=O) groups is 3. The van der Waals surface area contributed by atoms with Gasteiger partial charge in [0.1, 0.15) is 11.7 Å². The Hall–Kier alpha value is -3.29. The van der Waals surface area contributed by atoms with Gasteiger partial charge >= 0.3 is 5.97 Å². The molecule has 10 heteroatoms. The molecule has 0 bridgehead atoms. The van der Waals surface area contributed by atoms with Crippen molar-refractivity contribution in [3.05, 3.63) is 68.2 Å². The second-order valence-electron chi connectivity index (χ2n) is 7.80. The van der Waals surface area contributed by atoms with Gasteiger partial charge in [-0.2, -0.15) is 5.26 Å². The van der Waals surface area contributed by atoms with Gasteiger partial charge in [-0.1, -0.05) is 30.0 Å². The number of halogens is 1. The molecule has 0 spiro atoms. The first-order chi connectivity index (χ1) is 16.7. The number of esters is 1. The fraction of sp³-hybridized carbons (Fsp3) is 0.280. The predicted molar refractivity (Wildman–Crippen MR) is 137 cm³/mol. The van der Waals surface area contributed by atoms with Crippen molar-refractivity contribution in [2.24, 2.45) is 5.92 Å². The van der Waals surface area contributed by atoms with Crippen LogP contribution in [0.15, 0.2) is 51.5 Å². The summed E-state index contributed by atoms with van der Waals surface area (Å²) < 4.78 is 10.7. The molecule has 0 aromatic heterocycles. The fourth-order valence-electron chi connectivity index (χ4n) is 3.77. The summed E-state index contributed by atoms with van der Waals surface area (Å²) in [5.74, 6) is -3.30. The highest BCUT2D eigenvalue weighted by Crippen LogP contribution is 2.42. The van der Waals surface area contributed by atoms with E-state index < -0.39 is 23.7 Å². The number of nitriles is 1. The van der Waals surface area contributed by atoms with Gasteiger partial charge in [-0.05, 0) is 64.7 Å². The summed E-state index contributed by atoms with van der Waals surface area (Å²) in [7, 11) is 2.71. The summed E-state index contributed by atoms with van der Waals surface area (Å²) in [6.45, 7) is 3.87. The molecule has 1 heterocycles. The topological polar surface area (TPSA) is 118 Å². The van der Waals surface area contributed by atoms with Gasteiger partial charge in [0.2, 0.25) is 11.8 Å². The molecular formula is C25H24BrN3O5S. The minimum atomic E-state index is -1.26. The smallest absolute Gasteiger partial charge is 0.319 e. The summed E-state index contributed by atoms with van der Waals surface area (Å²) in [6, 6.07) is 12.8. The Labute approximate surface area is 216 Å². The highest BCUT2D eigenvalue weighted by atomic mass is 79.9. The second kappa shape index (κ2) is 11.4. The summed E-state index contributed by atoms with van der Waals surface area (Å²) in [5.41, 5.74) is 3.43. The van der Waals surface area contributed by atoms with Crippen LogP contribution in [0.4, 0.5) is 5.69 Å². The van der Waals surface area contributed by atoms with E-state index in [0.717, 1.165) is 22.9 Å². The zero-order chi connectivity index (χ0) is 25.7. The van der Waals surface area contributed by atoms with Crippen molar-refractivity contribution in [3.63, 3.8) is 0 Å². The van der Waals surface area contributed by atoms with Crippen LogP contribution < -0.4 is 15.4 Å². The molecule has 8 nitrogen and oxygen atoms in total. The van der Waals surface area contributed by atoms with E-state index in [4.69, 9.17) is 9.47 Å². The summed E-state index contributed by atoms with van der Waals surface area (Å²) >= 11 is 4.44. The van der Waals surface area contributed by atoms with Crippen molar-refractivity contribution in [3.8, 4) is 11.8 Å². The molecule has 1 aliphatic rings. The third-order valence-electron chi connectivity index (χ3n) is 5.75. The van der Waals surface area contributed by atoms with Crippen LogP contribution in [0.1, 0.15) is 22.6 Å². The molecule has 0 saturated heterocycles. The average Bonchev–Trinajstić information content (AvgIpc) is 2.84. The maximum atomic E-state index is 13.0. The first-order valence-corrected chi connectivity index (χ1v) is 12.3. The van der Waals surface area contributed by atoms with Gasteiger partial charge in [-0.25, -0.2) is 0 Å². The van der Waals surface area contributed by atoms with Crippen LogP contribution in [0, 0.1) is 31.1 Å². The van der Waals surface area contributed by atoms with Crippen LogP contribution >= 0.6 is 27.7 Å². The van der Waals surface area contributed by atoms with Crippen molar-refractivity contribution in [2.45, 2.75) is 19.8 Å². The molecule has 0 saturated carbocycles. The van der Waals surface area contributed by atoms with Crippen LogP contribution in [0.25, 0.3) is 0 Å². The number of nitrogens with zero attached hydrogens (tertiary/aromatic N) is 1. The minimum Gasteiger partial charge on any atom is -0.496 e. The molecule has 2 atom stereocenters. The van der Waals surface area contributed by atoms with E-state index in [0.29, 0.717) is 21.5 Å². The Morgan fingerprint density at radius 3 is 2.60 bits per heavy atom. The van der Waals surface area contributed by atoms with Gasteiger partial charge in [0, 0.05) is 11.6 Å². The summed E-state index contributed by atoms with van der Waals surface area (Å²) in [6.07, 6.45) is 0. The van der Waals surface area contributed by atoms with E-state index in [1.165, 1.54) is 14.2 Å². The molecule has 0 fully saturated rings. The van der Waals surface area contributed by atoms with Gasteiger partial charge < -0.3 is 20.1 Å². The molecule has 2 aromatic rings. The Balaban J connectivity index is 1.93. The quantitative estimate of drug-likeness (QED) is 0.387. The maximum absolute atomic E-state index is 13.0. The van der Waals surface area contributed by atoms with E-state index >= 15 is 0 Å². The molecule has 0 unspecified atom stereocenters. The number of hydrogen-bond acceptors (Lipinski definition) is 7. The molecular weight excluding hydrogens is 534 g/mol. The van der Waals surface area contributed by atoms with Gasteiger partial charge in [-0.15, -0.1) is 0 Å². The number of hydrogen-bond donors (Lipinski definition) is 2. The normalized spacial score (nSPS) is 17.3. The number of ether oxygens (including phenoxy) is 2. The highest BCUT2D eigenvalue weighted by Gasteiger charge is 2.44. The zero-order valence-corrected chi connectivity index (χ0v) is 22.0. The molecule has 1 aliphatic heterocycles.